The van der Waals surface area contributed by atoms with E-state index in [-0.39, 0.29) is 12.8 Å². The van der Waals surface area contributed by atoms with Gasteiger partial charge in [-0.3, -0.25) is 9.63 Å². The molecule has 130 valence electrons. The highest BCUT2D eigenvalue weighted by Crippen LogP contribution is 2.53. The van der Waals surface area contributed by atoms with Crippen LogP contribution in [0.2, 0.25) is 0 Å². The van der Waals surface area contributed by atoms with Crippen LogP contribution in [0, 0.1) is 11.3 Å². The number of hydrogen-bond acceptors (Lipinski definition) is 7. The molecule has 2 aliphatic rings. The summed E-state index contributed by atoms with van der Waals surface area (Å²) in [5.74, 6) is -1.56. The average Bonchev–Trinajstić information content (AvgIpc) is 2.64. The molecule has 0 aromatic heterocycles. The van der Waals surface area contributed by atoms with Crippen molar-refractivity contribution in [3.8, 4) is 0 Å². The molecular formula is C15H23NO7. The van der Waals surface area contributed by atoms with Gasteiger partial charge in [0.05, 0.1) is 24.3 Å². The van der Waals surface area contributed by atoms with E-state index in [1.807, 2.05) is 13.8 Å². The van der Waals surface area contributed by atoms with Crippen molar-refractivity contribution in [1.29, 1.82) is 0 Å². The monoisotopic (exact) mass is 329 g/mol. The van der Waals surface area contributed by atoms with Crippen molar-refractivity contribution >= 4 is 12.3 Å². The highest BCUT2D eigenvalue weighted by atomic mass is 16.8. The van der Waals surface area contributed by atoms with Crippen molar-refractivity contribution in [2.24, 2.45) is 11.3 Å². The molecule has 0 amide bonds. The molecule has 0 bridgehead atoms. The molecule has 1 saturated carbocycles. The maximum Gasteiger partial charge on any atom is 0.303 e. The van der Waals surface area contributed by atoms with Gasteiger partial charge in [0.1, 0.15) is 11.9 Å². The Labute approximate surface area is 134 Å². The lowest BCUT2D eigenvalue weighted by atomic mass is 9.75. The molecule has 4 N–H and O–H groups in total. The lowest BCUT2D eigenvalue weighted by Crippen LogP contribution is -2.53. The minimum Gasteiger partial charge on any atom is -0.481 e. The van der Waals surface area contributed by atoms with Gasteiger partial charge < -0.3 is 24.9 Å². The Hall–Kier alpha value is -1.48. The van der Waals surface area contributed by atoms with Crippen LogP contribution in [0.3, 0.4) is 0 Å². The summed E-state index contributed by atoms with van der Waals surface area (Å²) >= 11 is 0. The van der Waals surface area contributed by atoms with Crippen LogP contribution in [-0.4, -0.2) is 51.6 Å². The summed E-state index contributed by atoms with van der Waals surface area (Å²) in [5.41, 5.74) is 0.572. The fraction of sp³-hybridized carbons (Fsp3) is 0.733. The first-order valence-electron chi connectivity index (χ1n) is 7.52. The number of carboxylic acid groups (broad SMARTS) is 1. The summed E-state index contributed by atoms with van der Waals surface area (Å²) in [4.78, 5) is 27.0. The number of carbonyl (C=O) groups is 2. The molecule has 1 heterocycles. The van der Waals surface area contributed by atoms with E-state index in [9.17, 15) is 19.8 Å². The maximum absolute atomic E-state index is 11.0. The van der Waals surface area contributed by atoms with Gasteiger partial charge in [0.25, 0.3) is 0 Å². The molecular weight excluding hydrogens is 306 g/mol. The molecule has 0 radical (unpaired) electrons. The normalized spacial score (nSPS) is 36.1. The first-order chi connectivity index (χ1) is 10.7. The van der Waals surface area contributed by atoms with Crippen LogP contribution in [0.25, 0.3) is 0 Å². The quantitative estimate of drug-likeness (QED) is 0.378. The number of hydrogen-bond donors (Lipinski definition) is 4. The van der Waals surface area contributed by atoms with Crippen LogP contribution in [0.5, 0.6) is 0 Å². The summed E-state index contributed by atoms with van der Waals surface area (Å²) in [7, 11) is 0. The number of rotatable bonds is 7. The Morgan fingerprint density at radius 2 is 2.26 bits per heavy atom. The minimum atomic E-state index is -1.47. The molecule has 1 aliphatic heterocycles. The summed E-state index contributed by atoms with van der Waals surface area (Å²) in [6.45, 7) is 3.78. The molecule has 8 nitrogen and oxygen atoms in total. The lowest BCUT2D eigenvalue weighted by Gasteiger charge is -2.41. The minimum absolute atomic E-state index is 0.0718. The second kappa shape index (κ2) is 6.56. The molecule has 8 heteroatoms. The zero-order chi connectivity index (χ0) is 17.3. The molecule has 5 atom stereocenters. The third kappa shape index (κ3) is 3.55. The Morgan fingerprint density at radius 1 is 1.57 bits per heavy atom. The topological polar surface area (TPSA) is 125 Å². The highest BCUT2D eigenvalue weighted by Gasteiger charge is 2.62. The van der Waals surface area contributed by atoms with E-state index >= 15 is 0 Å². The first kappa shape index (κ1) is 17.9. The standard InChI is InChI=1S/C15H23NO7/c1-14(2)7-10(18)15(21)5-6-22-13(12(14)15)23-16-9(8-17)3-4-11(19)20/h5-6,8-10,12-13,16,18,21H,3-4,7H2,1-2H3,(H,19,20)/t9-,10-,12-,13+,15-/m1/s1. The van der Waals surface area contributed by atoms with E-state index in [2.05, 4.69) is 5.48 Å². The maximum atomic E-state index is 11.0. The third-order valence-electron chi connectivity index (χ3n) is 4.58. The first-order valence-corrected chi connectivity index (χ1v) is 7.52. The largest absolute Gasteiger partial charge is 0.481 e. The number of aldehydes is 1. The summed E-state index contributed by atoms with van der Waals surface area (Å²) in [6.07, 6.45) is 1.65. The fourth-order valence-electron chi connectivity index (χ4n) is 3.41. The molecule has 0 saturated heterocycles. The van der Waals surface area contributed by atoms with Crippen molar-refractivity contribution in [3.05, 3.63) is 12.3 Å². The van der Waals surface area contributed by atoms with Crippen LogP contribution in [0.15, 0.2) is 12.3 Å². The van der Waals surface area contributed by atoms with E-state index < -0.39 is 41.3 Å². The smallest absolute Gasteiger partial charge is 0.303 e. The number of hydroxylamine groups is 1. The SMILES string of the molecule is CC1(C)C[C@@H](O)[C@]2(O)C=CO[C@@H](ON[C@@H](C=O)CCC(=O)O)[C@H]12. The number of aliphatic hydroxyl groups is 2. The summed E-state index contributed by atoms with van der Waals surface area (Å²) < 4.78 is 5.39. The Morgan fingerprint density at radius 3 is 2.87 bits per heavy atom. The molecule has 0 spiro atoms. The van der Waals surface area contributed by atoms with Gasteiger partial charge >= 0.3 is 5.97 Å². The predicted molar refractivity (Wildman–Crippen MR) is 77.8 cm³/mol. The summed E-state index contributed by atoms with van der Waals surface area (Å²) in [6, 6.07) is -0.803. The van der Waals surface area contributed by atoms with Gasteiger partial charge in [0, 0.05) is 6.42 Å². The molecule has 1 fully saturated rings. The zero-order valence-corrected chi connectivity index (χ0v) is 13.1. The average molecular weight is 329 g/mol. The number of aliphatic carboxylic acids is 1. The Kier molecular flexibility index (Phi) is 5.10. The molecule has 2 rings (SSSR count). The molecule has 0 aromatic rings. The van der Waals surface area contributed by atoms with E-state index in [1.165, 1.54) is 12.3 Å². The van der Waals surface area contributed by atoms with Crippen LogP contribution in [0.1, 0.15) is 33.1 Å². The van der Waals surface area contributed by atoms with Crippen LogP contribution < -0.4 is 5.48 Å². The van der Waals surface area contributed by atoms with Crippen molar-refractivity contribution in [1.82, 2.24) is 5.48 Å². The van der Waals surface area contributed by atoms with Crippen LogP contribution >= 0.6 is 0 Å². The van der Waals surface area contributed by atoms with Crippen LogP contribution in [-0.2, 0) is 19.2 Å². The van der Waals surface area contributed by atoms with Gasteiger partial charge in [-0.15, -0.1) is 0 Å². The fourth-order valence-corrected chi connectivity index (χ4v) is 3.41. The van der Waals surface area contributed by atoms with E-state index in [0.717, 1.165) is 0 Å². The summed E-state index contributed by atoms with van der Waals surface area (Å²) in [5, 5.41) is 29.5. The lowest BCUT2D eigenvalue weighted by molar-refractivity contribution is -0.239. The van der Waals surface area contributed by atoms with Gasteiger partial charge in [-0.25, -0.2) is 0 Å². The van der Waals surface area contributed by atoms with E-state index in [0.29, 0.717) is 12.7 Å². The van der Waals surface area contributed by atoms with Crippen LogP contribution in [0.4, 0.5) is 0 Å². The van der Waals surface area contributed by atoms with Crippen molar-refractivity contribution in [3.63, 3.8) is 0 Å². The Balaban J connectivity index is 2.04. The molecule has 23 heavy (non-hydrogen) atoms. The van der Waals surface area contributed by atoms with Gasteiger partial charge in [-0.1, -0.05) is 13.8 Å². The number of nitrogens with one attached hydrogen (secondary N) is 1. The van der Waals surface area contributed by atoms with Gasteiger partial charge in [0.2, 0.25) is 6.29 Å². The second-order valence-corrected chi connectivity index (χ2v) is 6.79. The van der Waals surface area contributed by atoms with Gasteiger partial charge in [-0.2, -0.15) is 5.48 Å². The Bertz CT molecular complexity index is 492. The predicted octanol–water partition coefficient (Wildman–Crippen LogP) is -0.0520. The number of fused-ring (bicyclic) bond motifs is 1. The highest BCUT2D eigenvalue weighted by molar-refractivity contribution is 5.68. The molecule has 0 unspecified atom stereocenters. The molecule has 1 aliphatic carbocycles. The number of ether oxygens (including phenoxy) is 1. The van der Waals surface area contributed by atoms with E-state index in [4.69, 9.17) is 14.7 Å². The second-order valence-electron chi connectivity index (χ2n) is 6.79. The number of carbonyl (C=O) groups excluding carboxylic acids is 1. The molecule has 0 aromatic carbocycles. The van der Waals surface area contributed by atoms with E-state index in [1.54, 1.807) is 0 Å². The van der Waals surface area contributed by atoms with Crippen molar-refractivity contribution < 1.29 is 34.5 Å². The number of aliphatic hydroxyl groups excluding tert-OH is 1. The number of carboxylic acids is 1. The van der Waals surface area contributed by atoms with Crippen molar-refractivity contribution in [2.75, 3.05) is 0 Å². The third-order valence-corrected chi connectivity index (χ3v) is 4.58. The zero-order valence-electron chi connectivity index (χ0n) is 13.1. The van der Waals surface area contributed by atoms with Gasteiger partial charge in [0.15, 0.2) is 0 Å². The van der Waals surface area contributed by atoms with Crippen molar-refractivity contribution in [2.45, 2.75) is 57.1 Å². The van der Waals surface area contributed by atoms with Gasteiger partial charge in [-0.05, 0) is 24.3 Å².